The van der Waals surface area contributed by atoms with Crippen molar-refractivity contribution >= 4 is 29.8 Å². The smallest absolute Gasteiger partial charge is 0.393 e. The van der Waals surface area contributed by atoms with Crippen molar-refractivity contribution in [2.24, 2.45) is 0 Å². The molecule has 7 heteroatoms. The molecule has 0 saturated heterocycles. The zero-order valence-electron chi connectivity index (χ0n) is 16.9. The lowest BCUT2D eigenvalue weighted by molar-refractivity contribution is -0.363. The first-order valence-electron chi connectivity index (χ1n) is 9.47. The maximum atomic E-state index is 15.6. The van der Waals surface area contributed by atoms with Crippen LogP contribution in [0.1, 0.15) is 36.4 Å². The quantitative estimate of drug-likeness (QED) is 0.598. The maximum Gasteiger partial charge on any atom is 0.737 e. The molecule has 4 rings (SSSR count). The van der Waals surface area contributed by atoms with E-state index < -0.39 is 6.97 Å². The number of carbonyl (C=O) groups is 1. The van der Waals surface area contributed by atoms with Crippen LogP contribution in [0.25, 0.3) is 5.57 Å². The Morgan fingerprint density at radius 3 is 2.45 bits per heavy atom. The Bertz CT molecular complexity index is 1170. The minimum atomic E-state index is -3.98. The van der Waals surface area contributed by atoms with Gasteiger partial charge in [0.1, 0.15) is 5.71 Å². The molecule has 1 amide bonds. The van der Waals surface area contributed by atoms with E-state index >= 15 is 8.63 Å². The highest BCUT2D eigenvalue weighted by Crippen LogP contribution is 2.44. The van der Waals surface area contributed by atoms with E-state index in [1.165, 1.54) is 15.0 Å². The van der Waals surface area contributed by atoms with Gasteiger partial charge in [0.2, 0.25) is 5.91 Å². The summed E-state index contributed by atoms with van der Waals surface area (Å²) in [5.74, 6) is -0.300. The fourth-order valence-corrected chi connectivity index (χ4v) is 4.49. The normalized spacial score (nSPS) is 17.1. The van der Waals surface area contributed by atoms with Crippen LogP contribution in [0.4, 0.5) is 14.3 Å². The number of nitrogens with one attached hydrogen (secondary N) is 1. The fourth-order valence-electron chi connectivity index (χ4n) is 4.49. The van der Waals surface area contributed by atoms with Gasteiger partial charge in [-0.1, -0.05) is 18.7 Å². The molecule has 0 aliphatic carbocycles. The molecule has 1 aromatic carbocycles. The molecule has 148 valence electrons. The Hall–Kier alpha value is -3.22. The van der Waals surface area contributed by atoms with Crippen molar-refractivity contribution in [2.75, 3.05) is 5.32 Å². The molecular formula is C22H22BF2N3O. The second-order valence-electron chi connectivity index (χ2n) is 7.61. The average molecular weight is 393 g/mol. The van der Waals surface area contributed by atoms with Gasteiger partial charge >= 0.3 is 6.97 Å². The van der Waals surface area contributed by atoms with Crippen LogP contribution < -0.4 is 5.32 Å². The molecule has 0 radical (unpaired) electrons. The van der Waals surface area contributed by atoms with Gasteiger partial charge in [0, 0.05) is 30.0 Å². The lowest BCUT2D eigenvalue weighted by Crippen LogP contribution is -2.51. The van der Waals surface area contributed by atoms with E-state index in [4.69, 9.17) is 0 Å². The summed E-state index contributed by atoms with van der Waals surface area (Å²) in [6.07, 6.45) is 3.01. The zero-order chi connectivity index (χ0) is 21.1. The topological polar surface area (TPSA) is 37.0 Å². The number of carbonyl (C=O) groups excluding carboxylic acids is 1. The van der Waals surface area contributed by atoms with Gasteiger partial charge in [-0.25, -0.2) is 0 Å². The Morgan fingerprint density at radius 1 is 1.17 bits per heavy atom. The highest BCUT2D eigenvalue weighted by atomic mass is 19.2. The largest absolute Gasteiger partial charge is 0.737 e. The van der Waals surface area contributed by atoms with Gasteiger partial charge in [0.05, 0.1) is 5.57 Å². The summed E-state index contributed by atoms with van der Waals surface area (Å²) in [6, 6.07) is 9.05. The number of amides is 1. The predicted molar refractivity (Wildman–Crippen MR) is 113 cm³/mol. The number of aromatic nitrogens is 1. The third kappa shape index (κ3) is 2.72. The minimum absolute atomic E-state index is 0.300. The number of rotatable bonds is 3. The summed E-state index contributed by atoms with van der Waals surface area (Å²) in [4.78, 5) is 11.5. The number of fused-ring (bicyclic) bond motifs is 2. The summed E-state index contributed by atoms with van der Waals surface area (Å²) in [6.45, 7) is 6.63. The van der Waals surface area contributed by atoms with Crippen molar-refractivity contribution in [3.8, 4) is 0 Å². The SMILES string of the molecule is C=CC(=O)Nc1ccc(C2=C3C(C)=CC(C)=[N+]3[B-](F)(F)n3c(C)cc(C)c32)cc1. The molecule has 0 fully saturated rings. The minimum Gasteiger partial charge on any atom is -0.393 e. The van der Waals surface area contributed by atoms with E-state index in [9.17, 15) is 4.79 Å². The van der Waals surface area contributed by atoms with Gasteiger partial charge in [-0.2, -0.15) is 0 Å². The van der Waals surface area contributed by atoms with Crippen molar-refractivity contribution in [1.82, 2.24) is 4.48 Å². The summed E-state index contributed by atoms with van der Waals surface area (Å²) >= 11 is 0. The molecule has 2 aliphatic rings. The van der Waals surface area contributed by atoms with Gasteiger partial charge < -0.3 is 22.9 Å². The van der Waals surface area contributed by atoms with Gasteiger partial charge in [-0.3, -0.25) is 4.79 Å². The first-order chi connectivity index (χ1) is 13.7. The first kappa shape index (κ1) is 19.1. The van der Waals surface area contributed by atoms with Crippen LogP contribution >= 0.6 is 0 Å². The lowest BCUT2D eigenvalue weighted by Gasteiger charge is -2.34. The number of anilines is 1. The van der Waals surface area contributed by atoms with Crippen molar-refractivity contribution in [3.63, 3.8) is 0 Å². The third-order valence-corrected chi connectivity index (χ3v) is 5.56. The average Bonchev–Trinajstić information content (AvgIpc) is 3.13. The molecule has 0 spiro atoms. The maximum absolute atomic E-state index is 15.6. The summed E-state index contributed by atoms with van der Waals surface area (Å²) in [5, 5.41) is 2.71. The third-order valence-electron chi connectivity index (χ3n) is 5.56. The molecule has 3 heterocycles. The highest BCUT2D eigenvalue weighted by Gasteiger charge is 2.55. The van der Waals surface area contributed by atoms with Crippen LogP contribution in [-0.2, 0) is 4.79 Å². The van der Waals surface area contributed by atoms with Crippen molar-refractivity contribution < 1.29 is 17.9 Å². The summed E-state index contributed by atoms with van der Waals surface area (Å²) in [7, 11) is 0. The van der Waals surface area contributed by atoms with Gasteiger partial charge in [0.25, 0.3) is 0 Å². The number of hydrogen-bond acceptors (Lipinski definition) is 1. The molecule has 1 N–H and O–H groups in total. The first-order valence-corrected chi connectivity index (χ1v) is 9.47. The number of hydrogen-bond donors (Lipinski definition) is 1. The Morgan fingerprint density at radius 2 is 1.83 bits per heavy atom. The van der Waals surface area contributed by atoms with Crippen molar-refractivity contribution in [1.29, 1.82) is 0 Å². The van der Waals surface area contributed by atoms with E-state index in [2.05, 4.69) is 11.9 Å². The van der Waals surface area contributed by atoms with E-state index in [0.29, 0.717) is 28.5 Å². The number of benzene rings is 1. The molecule has 0 saturated carbocycles. The van der Waals surface area contributed by atoms with Gasteiger partial charge in [-0.15, -0.1) is 0 Å². The van der Waals surface area contributed by atoms with Crippen LogP contribution in [0.5, 0.6) is 0 Å². The van der Waals surface area contributed by atoms with Crippen molar-refractivity contribution in [2.45, 2.75) is 27.7 Å². The van der Waals surface area contributed by atoms with Crippen LogP contribution in [0, 0.1) is 13.8 Å². The second kappa shape index (κ2) is 6.41. The van der Waals surface area contributed by atoms with Crippen molar-refractivity contribution in [3.05, 3.63) is 82.8 Å². The molecular weight excluding hydrogens is 371 g/mol. The molecule has 0 bridgehead atoms. The monoisotopic (exact) mass is 393 g/mol. The Kier molecular flexibility index (Phi) is 4.22. The molecule has 0 atom stereocenters. The molecule has 29 heavy (non-hydrogen) atoms. The number of nitrogens with zero attached hydrogens (tertiary/aromatic N) is 2. The molecule has 2 aromatic rings. The molecule has 2 aliphatic heterocycles. The lowest BCUT2D eigenvalue weighted by atomic mass is 9.84. The summed E-state index contributed by atoms with van der Waals surface area (Å²) in [5.41, 5.74) is 6.00. The van der Waals surface area contributed by atoms with Crippen LogP contribution in [-0.4, -0.2) is 27.6 Å². The Balaban J connectivity index is 1.98. The zero-order valence-corrected chi connectivity index (χ0v) is 16.9. The van der Waals surface area contributed by atoms with E-state index in [1.807, 2.05) is 26.0 Å². The molecule has 4 nitrogen and oxygen atoms in total. The number of halogens is 2. The van der Waals surface area contributed by atoms with Gasteiger partial charge in [0.15, 0.2) is 5.70 Å². The Labute approximate surface area is 168 Å². The molecule has 1 aromatic heterocycles. The van der Waals surface area contributed by atoms with E-state index in [-0.39, 0.29) is 5.91 Å². The van der Waals surface area contributed by atoms with Crippen LogP contribution in [0.3, 0.4) is 0 Å². The highest BCUT2D eigenvalue weighted by molar-refractivity contribution is 6.58. The van der Waals surface area contributed by atoms with E-state index in [0.717, 1.165) is 22.3 Å². The fraction of sp³-hybridized carbons (Fsp3) is 0.182. The van der Waals surface area contributed by atoms with Gasteiger partial charge in [-0.05, 0) is 61.9 Å². The number of allylic oxidation sites excluding steroid dienone is 2. The van der Waals surface area contributed by atoms with Crippen LogP contribution in [0.15, 0.2) is 60.3 Å². The molecule has 0 unspecified atom stereocenters. The summed E-state index contributed by atoms with van der Waals surface area (Å²) < 4.78 is 33.5. The predicted octanol–water partition coefficient (Wildman–Crippen LogP) is 4.66. The second-order valence-corrected chi connectivity index (χ2v) is 7.61. The van der Waals surface area contributed by atoms with Crippen LogP contribution in [0.2, 0.25) is 0 Å². The van der Waals surface area contributed by atoms with E-state index in [1.54, 1.807) is 38.1 Å². The number of aryl methyl sites for hydroxylation is 2. The standard InChI is InChI=1S/C22H22BF2N3O/c1-6-19(29)26-18-9-7-17(8-10-18)20-21-13(2)11-15(4)27(21)23(24,25)28-16(5)12-14(3)22(20)28/h6-12H,1H2,2-5H3,(H,26,29).